The van der Waals surface area contributed by atoms with E-state index in [4.69, 9.17) is 9.84 Å². The maximum absolute atomic E-state index is 10.7. The number of methoxy groups -OCH3 is 1. The fraction of sp³-hybridized carbons (Fsp3) is 0.636. The van der Waals surface area contributed by atoms with Crippen molar-refractivity contribution >= 4 is 17.3 Å². The second-order valence-electron chi connectivity index (χ2n) is 4.15. The van der Waals surface area contributed by atoms with Gasteiger partial charge in [-0.2, -0.15) is 0 Å². The summed E-state index contributed by atoms with van der Waals surface area (Å²) < 4.78 is 5.53. The third kappa shape index (κ3) is 1.85. The van der Waals surface area contributed by atoms with Gasteiger partial charge in [0.05, 0.1) is 12.1 Å². The van der Waals surface area contributed by atoms with Gasteiger partial charge < -0.3 is 9.84 Å². The molecule has 16 heavy (non-hydrogen) atoms. The highest BCUT2D eigenvalue weighted by Gasteiger charge is 2.42. The van der Waals surface area contributed by atoms with Gasteiger partial charge in [0.1, 0.15) is 10.6 Å². The van der Waals surface area contributed by atoms with E-state index in [2.05, 4.69) is 4.98 Å². The molecule has 1 fully saturated rings. The quantitative estimate of drug-likeness (QED) is 0.877. The molecule has 1 aromatic rings. The van der Waals surface area contributed by atoms with Crippen molar-refractivity contribution in [3.05, 3.63) is 15.6 Å². The molecule has 0 aliphatic heterocycles. The van der Waals surface area contributed by atoms with E-state index in [1.54, 1.807) is 7.11 Å². The molecular formula is C11H15NO3S. The maximum Gasteiger partial charge on any atom is 0.308 e. The number of ether oxygens (including phenoxy) is 1. The molecule has 0 saturated heterocycles. The number of thiazole rings is 1. The van der Waals surface area contributed by atoms with Crippen molar-refractivity contribution in [2.45, 2.75) is 38.2 Å². The van der Waals surface area contributed by atoms with Gasteiger partial charge in [-0.3, -0.25) is 4.79 Å². The Bertz CT molecular complexity index is 404. The van der Waals surface area contributed by atoms with Gasteiger partial charge in [-0.25, -0.2) is 4.98 Å². The van der Waals surface area contributed by atoms with E-state index in [-0.39, 0.29) is 12.0 Å². The first kappa shape index (κ1) is 11.5. The second-order valence-corrected chi connectivity index (χ2v) is 5.23. The van der Waals surface area contributed by atoms with E-state index in [0.29, 0.717) is 0 Å². The summed E-state index contributed by atoms with van der Waals surface area (Å²) in [6.45, 7) is 1.86. The van der Waals surface area contributed by atoms with Gasteiger partial charge in [-0.15, -0.1) is 11.3 Å². The molecule has 1 saturated carbocycles. The van der Waals surface area contributed by atoms with Crippen molar-refractivity contribution in [2.75, 3.05) is 7.11 Å². The lowest BCUT2D eigenvalue weighted by Gasteiger charge is -2.38. The molecule has 1 N–H and O–H groups in total. The first-order valence-electron chi connectivity index (χ1n) is 5.31. The highest BCUT2D eigenvalue weighted by molar-refractivity contribution is 7.12. The third-order valence-electron chi connectivity index (χ3n) is 3.15. The summed E-state index contributed by atoms with van der Waals surface area (Å²) in [4.78, 5) is 16.0. The number of carboxylic acids is 1. The molecule has 1 heterocycles. The molecule has 88 valence electrons. The third-order valence-corrected chi connectivity index (χ3v) is 4.49. The first-order chi connectivity index (χ1) is 7.57. The number of hydrogen-bond donors (Lipinski definition) is 1. The van der Waals surface area contributed by atoms with Crippen LogP contribution in [-0.2, 0) is 21.6 Å². The largest absolute Gasteiger partial charge is 0.481 e. The fourth-order valence-electron chi connectivity index (χ4n) is 1.93. The van der Waals surface area contributed by atoms with Crippen LogP contribution in [0.1, 0.15) is 34.8 Å². The highest BCUT2D eigenvalue weighted by atomic mass is 32.1. The van der Waals surface area contributed by atoms with Crippen molar-refractivity contribution in [2.24, 2.45) is 0 Å². The van der Waals surface area contributed by atoms with E-state index >= 15 is 0 Å². The Morgan fingerprint density at radius 2 is 2.31 bits per heavy atom. The Hall–Kier alpha value is -0.940. The SMILES string of the molecule is COC1(c2nc(C)c(CC(=O)O)s2)CCC1. The Balaban J connectivity index is 2.26. The van der Waals surface area contributed by atoms with Crippen LogP contribution in [0.15, 0.2) is 0 Å². The van der Waals surface area contributed by atoms with Crippen LogP contribution in [-0.4, -0.2) is 23.2 Å². The molecule has 1 aliphatic carbocycles. The molecule has 2 rings (SSSR count). The summed E-state index contributed by atoms with van der Waals surface area (Å²) in [6.07, 6.45) is 3.19. The fourth-order valence-corrected chi connectivity index (χ4v) is 3.21. The number of aryl methyl sites for hydroxylation is 1. The summed E-state index contributed by atoms with van der Waals surface area (Å²) in [5.41, 5.74) is 0.595. The van der Waals surface area contributed by atoms with Crippen LogP contribution >= 0.6 is 11.3 Å². The number of rotatable bonds is 4. The number of carboxylic acid groups (broad SMARTS) is 1. The molecule has 0 amide bonds. The van der Waals surface area contributed by atoms with Crippen molar-refractivity contribution < 1.29 is 14.6 Å². The molecule has 0 spiro atoms. The lowest BCUT2D eigenvalue weighted by molar-refractivity contribution is -0.136. The van der Waals surface area contributed by atoms with Crippen LogP contribution in [0.5, 0.6) is 0 Å². The van der Waals surface area contributed by atoms with Crippen molar-refractivity contribution in [1.29, 1.82) is 0 Å². The molecule has 0 radical (unpaired) electrons. The average molecular weight is 241 g/mol. The van der Waals surface area contributed by atoms with E-state index < -0.39 is 5.97 Å². The van der Waals surface area contributed by atoms with Crippen LogP contribution in [0, 0.1) is 6.92 Å². The zero-order chi connectivity index (χ0) is 11.8. The van der Waals surface area contributed by atoms with Gasteiger partial charge in [0.2, 0.25) is 0 Å². The molecule has 4 nitrogen and oxygen atoms in total. The standard InChI is InChI=1S/C11H15NO3S/c1-7-8(6-9(13)14)16-10(12-7)11(15-2)4-3-5-11/h3-6H2,1-2H3,(H,13,14). The van der Waals surface area contributed by atoms with E-state index in [0.717, 1.165) is 34.8 Å². The van der Waals surface area contributed by atoms with Crippen LogP contribution in [0.25, 0.3) is 0 Å². The molecule has 0 atom stereocenters. The predicted octanol–water partition coefficient (Wildman–Crippen LogP) is 2.10. The number of aromatic nitrogens is 1. The average Bonchev–Trinajstić information content (AvgIpc) is 2.46. The van der Waals surface area contributed by atoms with E-state index in [1.165, 1.54) is 11.3 Å². The number of aliphatic carboxylic acids is 1. The van der Waals surface area contributed by atoms with E-state index in [9.17, 15) is 4.79 Å². The summed E-state index contributed by atoms with van der Waals surface area (Å²) in [7, 11) is 1.70. The zero-order valence-corrected chi connectivity index (χ0v) is 10.3. The van der Waals surface area contributed by atoms with Gasteiger partial charge in [0.25, 0.3) is 0 Å². The molecule has 1 aliphatic rings. The Kier molecular flexibility index (Phi) is 2.99. The number of nitrogens with zero attached hydrogens (tertiary/aromatic N) is 1. The van der Waals surface area contributed by atoms with Crippen molar-refractivity contribution in [3.63, 3.8) is 0 Å². The molecule has 0 unspecified atom stereocenters. The Labute approximate surface area is 98.3 Å². The Morgan fingerprint density at radius 3 is 2.75 bits per heavy atom. The molecule has 1 aromatic heterocycles. The topological polar surface area (TPSA) is 59.4 Å². The lowest BCUT2D eigenvalue weighted by Crippen LogP contribution is -2.35. The number of carbonyl (C=O) groups is 1. The van der Waals surface area contributed by atoms with Gasteiger partial charge in [-0.05, 0) is 26.2 Å². The van der Waals surface area contributed by atoms with Gasteiger partial charge in [0, 0.05) is 12.0 Å². The van der Waals surface area contributed by atoms with Crippen LogP contribution in [0.2, 0.25) is 0 Å². The Morgan fingerprint density at radius 1 is 1.62 bits per heavy atom. The summed E-state index contributed by atoms with van der Waals surface area (Å²) >= 11 is 1.48. The predicted molar refractivity (Wildman–Crippen MR) is 60.7 cm³/mol. The normalized spacial score (nSPS) is 18.1. The minimum absolute atomic E-state index is 0.0588. The van der Waals surface area contributed by atoms with Crippen LogP contribution in [0.3, 0.4) is 0 Å². The zero-order valence-electron chi connectivity index (χ0n) is 9.45. The van der Waals surface area contributed by atoms with Crippen LogP contribution < -0.4 is 0 Å². The molecular weight excluding hydrogens is 226 g/mol. The molecule has 0 aromatic carbocycles. The number of hydrogen-bond acceptors (Lipinski definition) is 4. The van der Waals surface area contributed by atoms with Gasteiger partial charge >= 0.3 is 5.97 Å². The van der Waals surface area contributed by atoms with Gasteiger partial charge in [-0.1, -0.05) is 0 Å². The minimum atomic E-state index is -0.807. The monoisotopic (exact) mass is 241 g/mol. The summed E-state index contributed by atoms with van der Waals surface area (Å²) in [6, 6.07) is 0. The van der Waals surface area contributed by atoms with Gasteiger partial charge in [0.15, 0.2) is 0 Å². The first-order valence-corrected chi connectivity index (χ1v) is 6.13. The second kappa shape index (κ2) is 4.14. The maximum atomic E-state index is 10.7. The highest BCUT2D eigenvalue weighted by Crippen LogP contribution is 2.46. The van der Waals surface area contributed by atoms with E-state index in [1.807, 2.05) is 6.92 Å². The molecule has 5 heteroatoms. The van der Waals surface area contributed by atoms with Crippen molar-refractivity contribution in [1.82, 2.24) is 4.98 Å². The van der Waals surface area contributed by atoms with Crippen molar-refractivity contribution in [3.8, 4) is 0 Å². The van der Waals surface area contributed by atoms with Crippen LogP contribution in [0.4, 0.5) is 0 Å². The lowest BCUT2D eigenvalue weighted by atomic mass is 9.80. The summed E-state index contributed by atoms with van der Waals surface area (Å²) in [5.74, 6) is -0.807. The minimum Gasteiger partial charge on any atom is -0.481 e. The summed E-state index contributed by atoms with van der Waals surface area (Å²) in [5, 5.41) is 9.72. The molecule has 0 bridgehead atoms. The smallest absolute Gasteiger partial charge is 0.308 e.